The van der Waals surface area contributed by atoms with Crippen LogP contribution in [0, 0.1) is 52.3 Å². The molecule has 0 aromatic heterocycles. The molecule has 0 spiro atoms. The lowest BCUT2D eigenvalue weighted by atomic mass is 9.46. The van der Waals surface area contributed by atoms with Gasteiger partial charge in [-0.2, -0.15) is 0 Å². The number of allylic oxidation sites excluding steroid dienone is 2. The average molecular weight is 403 g/mol. The fourth-order valence-electron chi connectivity index (χ4n) is 8.52. The molecule has 3 saturated carbocycles. The van der Waals surface area contributed by atoms with E-state index < -0.39 is 0 Å². The van der Waals surface area contributed by atoms with Crippen molar-refractivity contribution < 1.29 is 10.2 Å². The molecule has 2 N–H and O–H groups in total. The highest BCUT2D eigenvalue weighted by atomic mass is 16.3. The lowest BCUT2D eigenvalue weighted by Gasteiger charge is -2.58. The van der Waals surface area contributed by atoms with Crippen molar-refractivity contribution >= 4 is 0 Å². The Kier molecular flexibility index (Phi) is 6.01. The van der Waals surface area contributed by atoms with E-state index in [0.29, 0.717) is 22.7 Å². The van der Waals surface area contributed by atoms with Gasteiger partial charge in [0, 0.05) is 0 Å². The molecule has 0 heterocycles. The lowest BCUT2D eigenvalue weighted by Crippen LogP contribution is -2.52. The maximum atomic E-state index is 10.3. The first-order valence-corrected chi connectivity index (χ1v) is 12.7. The van der Waals surface area contributed by atoms with Gasteiger partial charge in [-0.3, -0.25) is 0 Å². The minimum Gasteiger partial charge on any atom is -0.393 e. The smallest absolute Gasteiger partial charge is 0.0563 e. The molecule has 0 saturated heterocycles. The fraction of sp³-hybridized carbons (Fsp3) is 0.926. The third-order valence-electron chi connectivity index (χ3n) is 10.5. The van der Waals surface area contributed by atoms with Crippen LogP contribution in [0.5, 0.6) is 0 Å². The molecular formula is C27H46O2. The summed E-state index contributed by atoms with van der Waals surface area (Å²) in [4.78, 5) is 0. The van der Waals surface area contributed by atoms with Crippen LogP contribution in [0.3, 0.4) is 0 Å². The van der Waals surface area contributed by atoms with Crippen LogP contribution in [0.2, 0.25) is 0 Å². The Bertz CT molecular complexity index is 612. The summed E-state index contributed by atoms with van der Waals surface area (Å²) >= 11 is 0. The van der Waals surface area contributed by atoms with Gasteiger partial charge in [0.05, 0.1) is 12.2 Å². The predicted molar refractivity (Wildman–Crippen MR) is 120 cm³/mol. The average Bonchev–Trinajstić information content (AvgIpc) is 3.03. The first kappa shape index (κ1) is 21.9. The van der Waals surface area contributed by atoms with Crippen molar-refractivity contribution in [2.45, 2.75) is 105 Å². The summed E-state index contributed by atoms with van der Waals surface area (Å²) in [6.07, 6.45) is 15.9. The molecule has 0 aromatic carbocycles. The van der Waals surface area contributed by atoms with Gasteiger partial charge >= 0.3 is 0 Å². The van der Waals surface area contributed by atoms with E-state index in [2.05, 4.69) is 46.8 Å². The van der Waals surface area contributed by atoms with Crippen LogP contribution in [0.4, 0.5) is 0 Å². The van der Waals surface area contributed by atoms with Gasteiger partial charge in [0.15, 0.2) is 0 Å². The van der Waals surface area contributed by atoms with Gasteiger partial charge in [-0.25, -0.2) is 0 Å². The third kappa shape index (κ3) is 3.65. The van der Waals surface area contributed by atoms with Gasteiger partial charge in [-0.15, -0.1) is 0 Å². The topological polar surface area (TPSA) is 40.5 Å². The molecule has 4 rings (SSSR count). The van der Waals surface area contributed by atoms with Crippen molar-refractivity contribution in [3.8, 4) is 0 Å². The van der Waals surface area contributed by atoms with Crippen LogP contribution < -0.4 is 0 Å². The number of hydrogen-bond acceptors (Lipinski definition) is 2. The van der Waals surface area contributed by atoms with Crippen LogP contribution >= 0.6 is 0 Å². The van der Waals surface area contributed by atoms with E-state index in [4.69, 9.17) is 0 Å². The number of rotatable bonds is 5. The highest BCUT2D eigenvalue weighted by molar-refractivity contribution is 5.21. The molecule has 0 bridgehead atoms. The second-order valence-electron chi connectivity index (χ2n) is 12.3. The Labute approximate surface area is 179 Å². The number of hydrogen-bond donors (Lipinski definition) is 2. The minimum absolute atomic E-state index is 0.0552. The van der Waals surface area contributed by atoms with Crippen molar-refractivity contribution in [3.05, 3.63) is 12.2 Å². The van der Waals surface area contributed by atoms with E-state index in [-0.39, 0.29) is 12.2 Å². The molecule has 0 aliphatic heterocycles. The van der Waals surface area contributed by atoms with Crippen LogP contribution in [-0.2, 0) is 0 Å². The van der Waals surface area contributed by atoms with E-state index in [1.165, 1.54) is 32.1 Å². The van der Waals surface area contributed by atoms with Crippen LogP contribution in [-0.4, -0.2) is 22.4 Å². The zero-order valence-electron chi connectivity index (χ0n) is 19.6. The standard InChI is InChI=1S/C27H46O2/c1-17(2)25(29)11-6-18(3)22-9-10-23-21-8-7-19-16-20(28)12-14-26(19,4)24(21)13-15-27(22,23)5/h13,15,17-25,28-29H,6-12,14,16H2,1-5H3/t18-,19?,20-,21+,22-,23+,24+,25?,26+,27-/m1/s1. The zero-order valence-corrected chi connectivity index (χ0v) is 19.6. The van der Waals surface area contributed by atoms with E-state index in [9.17, 15) is 10.2 Å². The highest BCUT2D eigenvalue weighted by Crippen LogP contribution is 2.66. The van der Waals surface area contributed by atoms with Gasteiger partial charge in [-0.1, -0.05) is 46.8 Å². The molecule has 0 aromatic rings. The predicted octanol–water partition coefficient (Wildman–Crippen LogP) is 6.22. The van der Waals surface area contributed by atoms with Crippen LogP contribution in [0.15, 0.2) is 12.2 Å². The maximum absolute atomic E-state index is 10.3. The molecule has 2 heteroatoms. The summed E-state index contributed by atoms with van der Waals surface area (Å²) < 4.78 is 0. The normalized spacial score (nSPS) is 48.7. The Morgan fingerprint density at radius 3 is 2.48 bits per heavy atom. The Morgan fingerprint density at radius 2 is 1.76 bits per heavy atom. The summed E-state index contributed by atoms with van der Waals surface area (Å²) in [6.45, 7) is 11.8. The summed E-state index contributed by atoms with van der Waals surface area (Å²) in [5, 5.41) is 20.5. The largest absolute Gasteiger partial charge is 0.393 e. The summed E-state index contributed by atoms with van der Waals surface area (Å²) in [7, 11) is 0. The number of aliphatic hydroxyl groups is 2. The maximum Gasteiger partial charge on any atom is 0.0563 e. The molecule has 2 unspecified atom stereocenters. The molecule has 166 valence electrons. The van der Waals surface area contributed by atoms with Gasteiger partial charge in [-0.05, 0) is 110 Å². The molecule has 10 atom stereocenters. The SMILES string of the molecule is CC(C)C(O)CC[C@@H](C)[C@H]1CC[C@H]2[C@@H]3CCC4C[C@H](O)CC[C@]4(C)[C@H]3C=C[C@]12C. The Balaban J connectivity index is 1.51. The second kappa shape index (κ2) is 7.97. The van der Waals surface area contributed by atoms with Crippen LogP contribution in [0.25, 0.3) is 0 Å². The summed E-state index contributed by atoms with van der Waals surface area (Å²) in [5.41, 5.74) is 0.756. The monoisotopic (exact) mass is 402 g/mol. The first-order valence-electron chi connectivity index (χ1n) is 12.7. The van der Waals surface area contributed by atoms with E-state index >= 15 is 0 Å². The molecular weight excluding hydrogens is 356 g/mol. The zero-order chi connectivity index (χ0) is 21.0. The van der Waals surface area contributed by atoms with Gasteiger partial charge in [0.2, 0.25) is 0 Å². The highest BCUT2D eigenvalue weighted by Gasteiger charge is 2.58. The number of aliphatic hydroxyl groups excluding tert-OH is 2. The van der Waals surface area contributed by atoms with E-state index in [1.54, 1.807) is 0 Å². The van der Waals surface area contributed by atoms with E-state index in [0.717, 1.165) is 55.3 Å². The molecule has 2 nitrogen and oxygen atoms in total. The first-order chi connectivity index (χ1) is 13.7. The summed E-state index contributed by atoms with van der Waals surface area (Å²) in [6, 6.07) is 0. The molecule has 4 aliphatic carbocycles. The lowest BCUT2D eigenvalue weighted by molar-refractivity contribution is -0.0822. The van der Waals surface area contributed by atoms with Crippen molar-refractivity contribution in [1.82, 2.24) is 0 Å². The van der Waals surface area contributed by atoms with Crippen molar-refractivity contribution in [1.29, 1.82) is 0 Å². The Morgan fingerprint density at radius 1 is 1.00 bits per heavy atom. The molecule has 29 heavy (non-hydrogen) atoms. The van der Waals surface area contributed by atoms with Crippen molar-refractivity contribution in [2.75, 3.05) is 0 Å². The Hall–Kier alpha value is -0.340. The van der Waals surface area contributed by atoms with Crippen molar-refractivity contribution in [3.63, 3.8) is 0 Å². The van der Waals surface area contributed by atoms with Crippen LogP contribution in [0.1, 0.15) is 92.4 Å². The third-order valence-corrected chi connectivity index (χ3v) is 10.5. The molecule has 3 fully saturated rings. The quantitative estimate of drug-likeness (QED) is 0.536. The minimum atomic E-state index is -0.148. The molecule has 0 amide bonds. The molecule has 4 aliphatic rings. The molecule has 0 radical (unpaired) electrons. The van der Waals surface area contributed by atoms with Crippen molar-refractivity contribution in [2.24, 2.45) is 52.3 Å². The fourth-order valence-corrected chi connectivity index (χ4v) is 8.52. The second-order valence-corrected chi connectivity index (χ2v) is 12.3. The van der Waals surface area contributed by atoms with Gasteiger partial charge in [0.1, 0.15) is 0 Å². The summed E-state index contributed by atoms with van der Waals surface area (Å²) in [5.74, 6) is 4.96. The van der Waals surface area contributed by atoms with Gasteiger partial charge < -0.3 is 10.2 Å². The van der Waals surface area contributed by atoms with Gasteiger partial charge in [0.25, 0.3) is 0 Å². The van der Waals surface area contributed by atoms with E-state index in [1.807, 2.05) is 0 Å². The number of fused-ring (bicyclic) bond motifs is 5.